The van der Waals surface area contributed by atoms with Crippen molar-refractivity contribution in [2.45, 2.75) is 58.8 Å². The first-order chi connectivity index (χ1) is 7.84. The predicted octanol–water partition coefficient (Wildman–Crippen LogP) is 4.21. The molecule has 1 N–H and O–H groups in total. The summed E-state index contributed by atoms with van der Waals surface area (Å²) >= 11 is 0. The molecule has 0 bridgehead atoms. The Morgan fingerprint density at radius 2 is 2.12 bits per heavy atom. The van der Waals surface area contributed by atoms with Crippen molar-refractivity contribution in [1.82, 2.24) is 5.32 Å². The van der Waals surface area contributed by atoms with Crippen molar-refractivity contribution >= 4 is 0 Å². The van der Waals surface area contributed by atoms with Crippen molar-refractivity contribution in [3.05, 3.63) is 23.3 Å². The molecule has 0 aromatic rings. The second-order valence-electron chi connectivity index (χ2n) is 4.71. The van der Waals surface area contributed by atoms with E-state index in [0.717, 1.165) is 19.5 Å². The summed E-state index contributed by atoms with van der Waals surface area (Å²) in [5.74, 6) is 0. The van der Waals surface area contributed by atoms with Gasteiger partial charge in [-0.05, 0) is 57.7 Å². The van der Waals surface area contributed by atoms with Gasteiger partial charge in [0, 0.05) is 0 Å². The van der Waals surface area contributed by atoms with Gasteiger partial charge in [-0.2, -0.15) is 0 Å². The summed E-state index contributed by atoms with van der Waals surface area (Å²) in [4.78, 5) is 0. The lowest BCUT2D eigenvalue weighted by atomic mass is 9.95. The molecule has 1 heteroatoms. The van der Waals surface area contributed by atoms with Gasteiger partial charge in [0.2, 0.25) is 0 Å². The average molecular weight is 221 g/mol. The molecule has 1 rings (SSSR count). The number of allylic oxidation sites excluding steroid dienone is 3. The Kier molecular flexibility index (Phi) is 7.24. The highest BCUT2D eigenvalue weighted by Crippen LogP contribution is 2.22. The van der Waals surface area contributed by atoms with E-state index in [2.05, 4.69) is 31.3 Å². The fraction of sp³-hybridized carbons (Fsp3) is 0.733. The van der Waals surface area contributed by atoms with Gasteiger partial charge in [-0.15, -0.1) is 0 Å². The molecule has 0 atom stereocenters. The van der Waals surface area contributed by atoms with Gasteiger partial charge in [0.05, 0.1) is 0 Å². The zero-order valence-corrected chi connectivity index (χ0v) is 11.0. The molecule has 1 aliphatic carbocycles. The molecule has 1 nitrogen and oxygen atoms in total. The van der Waals surface area contributed by atoms with Gasteiger partial charge in [0.1, 0.15) is 0 Å². The number of hydrogen-bond acceptors (Lipinski definition) is 1. The van der Waals surface area contributed by atoms with Crippen molar-refractivity contribution < 1.29 is 0 Å². The van der Waals surface area contributed by atoms with Crippen LogP contribution in [-0.2, 0) is 0 Å². The van der Waals surface area contributed by atoms with Crippen LogP contribution in [0, 0.1) is 0 Å². The van der Waals surface area contributed by atoms with Crippen molar-refractivity contribution in [2.75, 3.05) is 13.1 Å². The smallest absolute Gasteiger partial charge is 0.00142 e. The van der Waals surface area contributed by atoms with E-state index in [9.17, 15) is 0 Å². The summed E-state index contributed by atoms with van der Waals surface area (Å²) < 4.78 is 0. The van der Waals surface area contributed by atoms with Gasteiger partial charge in [0.15, 0.2) is 0 Å². The molecule has 0 fully saturated rings. The maximum atomic E-state index is 3.36. The molecule has 0 spiro atoms. The summed E-state index contributed by atoms with van der Waals surface area (Å²) in [6.07, 6.45) is 14.2. The first-order valence-corrected chi connectivity index (χ1v) is 6.91. The monoisotopic (exact) mass is 221 g/mol. The largest absolute Gasteiger partial charge is 0.317 e. The standard InChI is InChI=1S/C15H27N/c1-3-16-13-9-10-14(2)15-11-7-5-4-6-8-12-15/h10-11,16H,3-9,12-13H2,1-2H3/b14-10-,15-11-. The summed E-state index contributed by atoms with van der Waals surface area (Å²) in [5, 5.41) is 3.36. The number of nitrogens with one attached hydrogen (secondary N) is 1. The van der Waals surface area contributed by atoms with E-state index in [4.69, 9.17) is 0 Å². The maximum Gasteiger partial charge on any atom is -0.00142 e. The van der Waals surface area contributed by atoms with Crippen LogP contribution >= 0.6 is 0 Å². The molecule has 0 aromatic heterocycles. The Bertz CT molecular complexity index is 238. The third kappa shape index (κ3) is 5.50. The van der Waals surface area contributed by atoms with Gasteiger partial charge in [-0.25, -0.2) is 0 Å². The van der Waals surface area contributed by atoms with Crippen LogP contribution in [0.1, 0.15) is 58.8 Å². The minimum absolute atomic E-state index is 1.08. The molecule has 0 saturated heterocycles. The van der Waals surface area contributed by atoms with Crippen LogP contribution in [0.5, 0.6) is 0 Å². The molecule has 0 heterocycles. The lowest BCUT2D eigenvalue weighted by Crippen LogP contribution is -2.13. The van der Waals surface area contributed by atoms with E-state index in [-0.39, 0.29) is 0 Å². The van der Waals surface area contributed by atoms with E-state index in [1.807, 2.05) is 0 Å². The predicted molar refractivity (Wildman–Crippen MR) is 72.7 cm³/mol. The molecule has 1 aliphatic rings. The molecule has 92 valence electrons. The highest BCUT2D eigenvalue weighted by Gasteiger charge is 2.03. The Hall–Kier alpha value is -0.560. The van der Waals surface area contributed by atoms with Crippen LogP contribution in [-0.4, -0.2) is 13.1 Å². The number of rotatable bonds is 5. The maximum absolute atomic E-state index is 3.36. The normalized spacial score (nSPS) is 22.1. The lowest BCUT2D eigenvalue weighted by molar-refractivity contribution is 0.627. The summed E-state index contributed by atoms with van der Waals surface area (Å²) in [6, 6.07) is 0. The van der Waals surface area contributed by atoms with Crippen molar-refractivity contribution in [3.8, 4) is 0 Å². The Morgan fingerprint density at radius 3 is 2.94 bits per heavy atom. The van der Waals surface area contributed by atoms with E-state index in [1.165, 1.54) is 44.1 Å². The Labute approximate surface area is 101 Å². The van der Waals surface area contributed by atoms with Crippen LogP contribution in [0.3, 0.4) is 0 Å². The zero-order valence-electron chi connectivity index (χ0n) is 11.0. The topological polar surface area (TPSA) is 12.0 Å². The quantitative estimate of drug-likeness (QED) is 0.686. The highest BCUT2D eigenvalue weighted by molar-refractivity contribution is 5.29. The third-order valence-electron chi connectivity index (χ3n) is 3.32. The van der Waals surface area contributed by atoms with Gasteiger partial charge in [-0.1, -0.05) is 37.5 Å². The van der Waals surface area contributed by atoms with Crippen molar-refractivity contribution in [1.29, 1.82) is 0 Å². The SMILES string of the molecule is CCNCC/C=C(C)\C1=C/CCCCCC1. The molecule has 0 saturated carbocycles. The molecular formula is C15H27N. The highest BCUT2D eigenvalue weighted by atomic mass is 14.8. The van der Waals surface area contributed by atoms with Gasteiger partial charge in [-0.3, -0.25) is 0 Å². The second-order valence-corrected chi connectivity index (χ2v) is 4.71. The summed E-state index contributed by atoms with van der Waals surface area (Å²) in [5.41, 5.74) is 3.12. The molecule has 0 radical (unpaired) electrons. The van der Waals surface area contributed by atoms with Gasteiger partial charge < -0.3 is 5.32 Å². The molecule has 0 aromatic carbocycles. The third-order valence-corrected chi connectivity index (χ3v) is 3.32. The first kappa shape index (κ1) is 13.5. The average Bonchev–Trinajstić information content (AvgIpc) is 2.23. The summed E-state index contributed by atoms with van der Waals surface area (Å²) in [7, 11) is 0. The molecule has 16 heavy (non-hydrogen) atoms. The number of hydrogen-bond donors (Lipinski definition) is 1. The zero-order chi connectivity index (χ0) is 11.6. The van der Waals surface area contributed by atoms with Crippen LogP contribution in [0.2, 0.25) is 0 Å². The van der Waals surface area contributed by atoms with Crippen molar-refractivity contribution in [2.24, 2.45) is 0 Å². The Balaban J connectivity index is 2.39. The minimum Gasteiger partial charge on any atom is -0.317 e. The van der Waals surface area contributed by atoms with Gasteiger partial charge in [0.25, 0.3) is 0 Å². The fourth-order valence-electron chi connectivity index (χ4n) is 2.25. The van der Waals surface area contributed by atoms with Crippen LogP contribution in [0.4, 0.5) is 0 Å². The molecule has 0 amide bonds. The molecular weight excluding hydrogens is 194 g/mol. The van der Waals surface area contributed by atoms with Crippen molar-refractivity contribution in [3.63, 3.8) is 0 Å². The van der Waals surface area contributed by atoms with E-state index in [1.54, 1.807) is 5.57 Å². The van der Waals surface area contributed by atoms with Gasteiger partial charge >= 0.3 is 0 Å². The fourth-order valence-corrected chi connectivity index (χ4v) is 2.25. The Morgan fingerprint density at radius 1 is 1.31 bits per heavy atom. The first-order valence-electron chi connectivity index (χ1n) is 6.91. The van der Waals surface area contributed by atoms with E-state index < -0.39 is 0 Å². The summed E-state index contributed by atoms with van der Waals surface area (Å²) in [6.45, 7) is 6.63. The minimum atomic E-state index is 1.08. The lowest BCUT2D eigenvalue weighted by Gasteiger charge is -2.12. The second kappa shape index (κ2) is 8.58. The molecule has 0 aliphatic heterocycles. The molecule has 0 unspecified atom stereocenters. The van der Waals surface area contributed by atoms with Crippen LogP contribution in [0.15, 0.2) is 23.3 Å². The van der Waals surface area contributed by atoms with Crippen LogP contribution < -0.4 is 5.32 Å². The van der Waals surface area contributed by atoms with E-state index in [0.29, 0.717) is 0 Å². The van der Waals surface area contributed by atoms with Crippen LogP contribution in [0.25, 0.3) is 0 Å². The van der Waals surface area contributed by atoms with E-state index >= 15 is 0 Å².